The van der Waals surface area contributed by atoms with Crippen molar-refractivity contribution in [2.75, 3.05) is 26.5 Å². The van der Waals surface area contributed by atoms with E-state index in [1.54, 1.807) is 13.8 Å². The van der Waals surface area contributed by atoms with Gasteiger partial charge in [-0.2, -0.15) is 0 Å². The van der Waals surface area contributed by atoms with Gasteiger partial charge in [-0.3, -0.25) is 9.36 Å². The molecule has 0 aliphatic carbocycles. The highest BCUT2D eigenvalue weighted by molar-refractivity contribution is 7.53. The zero-order chi connectivity index (χ0) is 13.1. The normalized spacial score (nSPS) is 11.5. The smallest absolute Gasteiger partial charge is 0.330 e. The molecule has 0 heterocycles. The van der Waals surface area contributed by atoms with E-state index in [0.717, 1.165) is 19.3 Å². The molecule has 0 aromatic rings. The van der Waals surface area contributed by atoms with Crippen LogP contribution in [0.15, 0.2) is 0 Å². The minimum Gasteiger partial charge on any atom is -0.469 e. The van der Waals surface area contributed by atoms with Crippen LogP contribution in [0.2, 0.25) is 0 Å². The lowest BCUT2D eigenvalue weighted by atomic mass is 10.2. The molecule has 0 saturated carbocycles. The van der Waals surface area contributed by atoms with Gasteiger partial charge in [0.05, 0.1) is 26.5 Å². The minimum absolute atomic E-state index is 0.206. The lowest BCUT2D eigenvalue weighted by Gasteiger charge is -2.16. The van der Waals surface area contributed by atoms with Crippen LogP contribution in [0.5, 0.6) is 0 Å². The first-order valence-electron chi connectivity index (χ1n) is 6.03. The van der Waals surface area contributed by atoms with Gasteiger partial charge in [-0.15, -0.1) is 0 Å². The highest BCUT2D eigenvalue weighted by atomic mass is 31.2. The summed E-state index contributed by atoms with van der Waals surface area (Å²) in [5, 5.41) is 0. The Labute approximate surface area is 103 Å². The van der Waals surface area contributed by atoms with Crippen molar-refractivity contribution in [1.82, 2.24) is 0 Å². The molecule has 0 aromatic heterocycles. The quantitative estimate of drug-likeness (QED) is 0.345. The third kappa shape index (κ3) is 8.36. The third-order valence-electron chi connectivity index (χ3n) is 2.19. The molecular formula is C11H23O5P. The Kier molecular flexibility index (Phi) is 9.41. The van der Waals surface area contributed by atoms with Crippen LogP contribution in [-0.2, 0) is 23.1 Å². The highest BCUT2D eigenvalue weighted by Crippen LogP contribution is 2.48. The monoisotopic (exact) mass is 266 g/mol. The second kappa shape index (κ2) is 9.63. The molecule has 17 heavy (non-hydrogen) atoms. The lowest BCUT2D eigenvalue weighted by molar-refractivity contribution is -0.140. The van der Waals surface area contributed by atoms with E-state index in [0.29, 0.717) is 25.8 Å². The summed E-state index contributed by atoms with van der Waals surface area (Å²) in [6, 6.07) is 0. The molecule has 102 valence electrons. The first-order chi connectivity index (χ1) is 8.08. The van der Waals surface area contributed by atoms with Crippen molar-refractivity contribution in [2.45, 2.75) is 39.5 Å². The average molecular weight is 266 g/mol. The fourth-order valence-corrected chi connectivity index (χ4v) is 3.14. The summed E-state index contributed by atoms with van der Waals surface area (Å²) < 4.78 is 26.9. The zero-order valence-corrected chi connectivity index (χ0v) is 11.8. The van der Waals surface area contributed by atoms with E-state index in [-0.39, 0.29) is 5.97 Å². The van der Waals surface area contributed by atoms with Gasteiger partial charge in [-0.25, -0.2) is 0 Å². The summed E-state index contributed by atoms with van der Waals surface area (Å²) in [6.07, 6.45) is 3.11. The molecule has 0 aromatic carbocycles. The molecule has 0 spiro atoms. The zero-order valence-electron chi connectivity index (χ0n) is 10.9. The van der Waals surface area contributed by atoms with Crippen molar-refractivity contribution in [3.05, 3.63) is 0 Å². The van der Waals surface area contributed by atoms with Crippen LogP contribution >= 0.6 is 7.60 Å². The molecule has 0 aliphatic heterocycles. The number of carbonyl (C=O) groups is 1. The maximum absolute atomic E-state index is 12.0. The summed E-state index contributed by atoms with van der Waals surface area (Å²) in [5.74, 6) is -0.206. The van der Waals surface area contributed by atoms with Crippen LogP contribution in [0.1, 0.15) is 39.5 Å². The maximum atomic E-state index is 12.0. The Hall–Kier alpha value is -0.380. The summed E-state index contributed by atoms with van der Waals surface area (Å²) in [7, 11) is -1.53. The molecule has 0 saturated heterocycles. The first kappa shape index (κ1) is 16.6. The summed E-state index contributed by atoms with van der Waals surface area (Å²) in [4.78, 5) is 10.9. The van der Waals surface area contributed by atoms with Gasteiger partial charge in [0.2, 0.25) is 0 Å². The van der Waals surface area contributed by atoms with Gasteiger partial charge in [0.15, 0.2) is 0 Å². The number of methoxy groups -OCH3 is 1. The van der Waals surface area contributed by atoms with Gasteiger partial charge in [0.25, 0.3) is 0 Å². The number of hydrogen-bond donors (Lipinski definition) is 0. The number of unbranched alkanes of at least 4 members (excludes halogenated alkanes) is 2. The van der Waals surface area contributed by atoms with Crippen molar-refractivity contribution < 1.29 is 23.1 Å². The number of carbonyl (C=O) groups excluding carboxylic acids is 1. The lowest BCUT2D eigenvalue weighted by Crippen LogP contribution is -2.02. The second-order valence-electron chi connectivity index (χ2n) is 3.56. The van der Waals surface area contributed by atoms with E-state index in [9.17, 15) is 9.36 Å². The topological polar surface area (TPSA) is 61.8 Å². The van der Waals surface area contributed by atoms with E-state index in [1.165, 1.54) is 7.11 Å². The van der Waals surface area contributed by atoms with Gasteiger partial charge in [-0.05, 0) is 26.7 Å². The Morgan fingerprint density at radius 3 is 2.12 bits per heavy atom. The number of hydrogen-bond acceptors (Lipinski definition) is 5. The van der Waals surface area contributed by atoms with Gasteiger partial charge in [0.1, 0.15) is 0 Å². The second-order valence-corrected chi connectivity index (χ2v) is 5.74. The minimum atomic E-state index is -2.91. The van der Waals surface area contributed by atoms with Gasteiger partial charge < -0.3 is 13.8 Å². The van der Waals surface area contributed by atoms with Crippen molar-refractivity contribution in [3.8, 4) is 0 Å². The maximum Gasteiger partial charge on any atom is 0.330 e. The number of rotatable bonds is 10. The van der Waals surface area contributed by atoms with Crippen LogP contribution in [0.25, 0.3) is 0 Å². The molecule has 0 aliphatic rings. The molecule has 0 amide bonds. The third-order valence-corrected chi connectivity index (χ3v) is 4.36. The number of ether oxygens (including phenoxy) is 1. The molecule has 0 radical (unpaired) electrons. The summed E-state index contributed by atoms with van der Waals surface area (Å²) in [6.45, 7) is 4.37. The standard InChI is InChI=1S/C11H23O5P/c1-4-15-17(13,16-5-2)10-8-6-7-9-11(12)14-3/h4-10H2,1-3H3. The van der Waals surface area contributed by atoms with E-state index in [2.05, 4.69) is 4.74 Å². The Morgan fingerprint density at radius 2 is 1.65 bits per heavy atom. The van der Waals surface area contributed by atoms with Gasteiger partial charge in [0, 0.05) is 6.42 Å². The molecule has 0 N–H and O–H groups in total. The molecule has 0 rings (SSSR count). The fourth-order valence-electron chi connectivity index (χ4n) is 1.41. The Bertz CT molecular complexity index is 244. The SMILES string of the molecule is CCOP(=O)(CCCCCC(=O)OC)OCC. The van der Waals surface area contributed by atoms with Crippen LogP contribution in [0, 0.1) is 0 Å². The largest absolute Gasteiger partial charge is 0.469 e. The van der Waals surface area contributed by atoms with Crippen molar-refractivity contribution in [2.24, 2.45) is 0 Å². The van der Waals surface area contributed by atoms with E-state index >= 15 is 0 Å². The van der Waals surface area contributed by atoms with Crippen LogP contribution in [-0.4, -0.2) is 32.5 Å². The van der Waals surface area contributed by atoms with Crippen LogP contribution in [0.4, 0.5) is 0 Å². The average Bonchev–Trinajstić information content (AvgIpc) is 2.29. The molecular weight excluding hydrogens is 243 g/mol. The van der Waals surface area contributed by atoms with E-state index in [1.807, 2.05) is 0 Å². The molecule has 0 unspecified atom stereocenters. The predicted molar refractivity (Wildman–Crippen MR) is 66.2 cm³/mol. The van der Waals surface area contributed by atoms with Crippen molar-refractivity contribution in [3.63, 3.8) is 0 Å². The van der Waals surface area contributed by atoms with Crippen molar-refractivity contribution >= 4 is 13.6 Å². The fraction of sp³-hybridized carbons (Fsp3) is 0.909. The summed E-state index contributed by atoms with van der Waals surface area (Å²) >= 11 is 0. The van der Waals surface area contributed by atoms with Crippen molar-refractivity contribution in [1.29, 1.82) is 0 Å². The molecule has 6 heteroatoms. The molecule has 0 atom stereocenters. The molecule has 0 bridgehead atoms. The first-order valence-corrected chi connectivity index (χ1v) is 7.75. The van der Waals surface area contributed by atoms with Crippen LogP contribution < -0.4 is 0 Å². The Balaban J connectivity index is 3.75. The van der Waals surface area contributed by atoms with E-state index < -0.39 is 7.60 Å². The number of esters is 1. The van der Waals surface area contributed by atoms with Gasteiger partial charge >= 0.3 is 13.6 Å². The van der Waals surface area contributed by atoms with Gasteiger partial charge in [-0.1, -0.05) is 6.42 Å². The molecule has 0 fully saturated rings. The highest BCUT2D eigenvalue weighted by Gasteiger charge is 2.22. The Morgan fingerprint density at radius 1 is 1.06 bits per heavy atom. The van der Waals surface area contributed by atoms with E-state index in [4.69, 9.17) is 9.05 Å². The predicted octanol–water partition coefficient (Wildman–Crippen LogP) is 2.99. The molecule has 5 nitrogen and oxygen atoms in total. The van der Waals surface area contributed by atoms with Crippen LogP contribution in [0.3, 0.4) is 0 Å². The summed E-state index contributed by atoms with van der Waals surface area (Å²) in [5.41, 5.74) is 0.